The minimum Gasteiger partial charge on any atom is -0.312 e. The Balaban J connectivity index is 2.18. The van der Waals surface area contributed by atoms with Crippen molar-refractivity contribution in [2.45, 2.75) is 51.1 Å². The van der Waals surface area contributed by atoms with Crippen molar-refractivity contribution in [2.75, 3.05) is 20.1 Å². The lowest BCUT2D eigenvalue weighted by atomic mass is 10.1. The number of allylic oxidation sites excluding steroid dienone is 1. The lowest BCUT2D eigenvalue weighted by Gasteiger charge is -2.23. The summed E-state index contributed by atoms with van der Waals surface area (Å²) in [6.07, 6.45) is 8.34. The molecule has 0 radical (unpaired) electrons. The van der Waals surface area contributed by atoms with E-state index in [1.54, 1.807) is 0 Å². The molecule has 1 aliphatic heterocycles. The Morgan fingerprint density at radius 3 is 2.93 bits per heavy atom. The maximum atomic E-state index is 3.78. The largest absolute Gasteiger partial charge is 0.312 e. The summed E-state index contributed by atoms with van der Waals surface area (Å²) in [7, 11) is 2.24. The van der Waals surface area contributed by atoms with Gasteiger partial charge in [0.2, 0.25) is 0 Å². The molecule has 1 fully saturated rings. The summed E-state index contributed by atoms with van der Waals surface area (Å²) in [6, 6.07) is 1.44. The summed E-state index contributed by atoms with van der Waals surface area (Å²) in [5.41, 5.74) is 0. The number of hydrogen-bond acceptors (Lipinski definition) is 2. The lowest BCUT2D eigenvalue weighted by Crippen LogP contribution is -2.40. The van der Waals surface area contributed by atoms with Crippen LogP contribution in [0.25, 0.3) is 0 Å². The fourth-order valence-electron chi connectivity index (χ4n) is 2.31. The summed E-state index contributed by atoms with van der Waals surface area (Å²) >= 11 is 0. The zero-order valence-electron chi connectivity index (χ0n) is 10.3. The third-order valence-electron chi connectivity index (χ3n) is 3.53. The first-order chi connectivity index (χ1) is 7.27. The number of hydrogen-bond donors (Lipinski definition) is 1. The third-order valence-corrected chi connectivity index (χ3v) is 3.53. The Morgan fingerprint density at radius 1 is 1.60 bits per heavy atom. The Bertz CT molecular complexity index is 179. The number of nitrogens with zero attached hydrogens (tertiary/aromatic N) is 1. The summed E-state index contributed by atoms with van der Waals surface area (Å²) in [5.74, 6) is 0. The van der Waals surface area contributed by atoms with Crippen LogP contribution >= 0.6 is 0 Å². The van der Waals surface area contributed by atoms with E-state index in [4.69, 9.17) is 0 Å². The molecule has 0 spiro atoms. The standard InChI is InChI=1S/C13H26N2/c1-4-6-8-12(5-2)14-11-13-9-7-10-15(13)3/h4,12-14H,1,5-11H2,2-3H3. The number of likely N-dealkylation sites (tertiary alicyclic amines) is 1. The molecule has 1 aliphatic rings. The predicted octanol–water partition coefficient (Wildman–Crippen LogP) is 2.42. The minimum absolute atomic E-state index is 0.678. The maximum Gasteiger partial charge on any atom is 0.0218 e. The zero-order chi connectivity index (χ0) is 11.1. The monoisotopic (exact) mass is 210 g/mol. The highest BCUT2D eigenvalue weighted by Gasteiger charge is 2.20. The van der Waals surface area contributed by atoms with E-state index in [2.05, 4.69) is 30.8 Å². The molecule has 1 saturated heterocycles. The lowest BCUT2D eigenvalue weighted by molar-refractivity contribution is 0.287. The van der Waals surface area contributed by atoms with Gasteiger partial charge in [-0.1, -0.05) is 13.0 Å². The number of rotatable bonds is 7. The third kappa shape index (κ3) is 4.35. The minimum atomic E-state index is 0.678. The van der Waals surface area contributed by atoms with Crippen molar-refractivity contribution in [1.29, 1.82) is 0 Å². The average molecular weight is 210 g/mol. The van der Waals surface area contributed by atoms with E-state index in [1.807, 2.05) is 6.08 Å². The average Bonchev–Trinajstić information content (AvgIpc) is 2.65. The first-order valence-electron chi connectivity index (χ1n) is 6.32. The molecule has 2 atom stereocenters. The van der Waals surface area contributed by atoms with Crippen LogP contribution in [0.2, 0.25) is 0 Å². The normalized spacial score (nSPS) is 24.3. The molecular formula is C13H26N2. The van der Waals surface area contributed by atoms with E-state index in [9.17, 15) is 0 Å². The zero-order valence-corrected chi connectivity index (χ0v) is 10.3. The van der Waals surface area contributed by atoms with Crippen molar-refractivity contribution >= 4 is 0 Å². The van der Waals surface area contributed by atoms with Gasteiger partial charge in [0, 0.05) is 18.6 Å². The Hall–Kier alpha value is -0.340. The van der Waals surface area contributed by atoms with Gasteiger partial charge in [-0.3, -0.25) is 0 Å². The van der Waals surface area contributed by atoms with Crippen LogP contribution in [0.3, 0.4) is 0 Å². The fourth-order valence-corrected chi connectivity index (χ4v) is 2.31. The van der Waals surface area contributed by atoms with Gasteiger partial charge in [-0.25, -0.2) is 0 Å². The molecule has 2 heteroatoms. The number of likely N-dealkylation sites (N-methyl/N-ethyl adjacent to an activating group) is 1. The van der Waals surface area contributed by atoms with E-state index in [0.29, 0.717) is 6.04 Å². The van der Waals surface area contributed by atoms with Crippen LogP contribution < -0.4 is 5.32 Å². The number of nitrogens with one attached hydrogen (secondary N) is 1. The molecule has 15 heavy (non-hydrogen) atoms. The highest BCUT2D eigenvalue weighted by Crippen LogP contribution is 2.14. The van der Waals surface area contributed by atoms with E-state index in [0.717, 1.165) is 19.0 Å². The molecule has 1 rings (SSSR count). The topological polar surface area (TPSA) is 15.3 Å². The highest BCUT2D eigenvalue weighted by molar-refractivity contribution is 4.81. The first kappa shape index (κ1) is 12.7. The first-order valence-corrected chi connectivity index (χ1v) is 6.32. The fraction of sp³-hybridized carbons (Fsp3) is 0.846. The van der Waals surface area contributed by atoms with Gasteiger partial charge >= 0.3 is 0 Å². The molecule has 0 saturated carbocycles. The van der Waals surface area contributed by atoms with Gasteiger partial charge in [-0.15, -0.1) is 6.58 Å². The van der Waals surface area contributed by atoms with Gasteiger partial charge in [-0.2, -0.15) is 0 Å². The van der Waals surface area contributed by atoms with Crippen molar-refractivity contribution in [1.82, 2.24) is 10.2 Å². The smallest absolute Gasteiger partial charge is 0.0218 e. The van der Waals surface area contributed by atoms with Crippen molar-refractivity contribution in [2.24, 2.45) is 0 Å². The summed E-state index contributed by atoms with van der Waals surface area (Å²) < 4.78 is 0. The summed E-state index contributed by atoms with van der Waals surface area (Å²) in [4.78, 5) is 2.48. The van der Waals surface area contributed by atoms with Gasteiger partial charge in [0.25, 0.3) is 0 Å². The second-order valence-electron chi connectivity index (χ2n) is 4.66. The van der Waals surface area contributed by atoms with Gasteiger partial charge in [0.05, 0.1) is 0 Å². The Kier molecular flexibility index (Phi) is 5.96. The Morgan fingerprint density at radius 2 is 2.40 bits per heavy atom. The highest BCUT2D eigenvalue weighted by atomic mass is 15.2. The van der Waals surface area contributed by atoms with E-state index < -0.39 is 0 Å². The maximum absolute atomic E-state index is 3.78. The predicted molar refractivity (Wildman–Crippen MR) is 67.2 cm³/mol. The van der Waals surface area contributed by atoms with Crippen molar-refractivity contribution in [3.05, 3.63) is 12.7 Å². The van der Waals surface area contributed by atoms with Crippen LogP contribution in [0.1, 0.15) is 39.0 Å². The molecule has 0 aromatic carbocycles. The molecular weight excluding hydrogens is 184 g/mol. The van der Waals surface area contributed by atoms with Crippen LogP contribution in [0.15, 0.2) is 12.7 Å². The molecule has 1 N–H and O–H groups in total. The summed E-state index contributed by atoms with van der Waals surface area (Å²) in [6.45, 7) is 8.48. The molecule has 0 bridgehead atoms. The summed E-state index contributed by atoms with van der Waals surface area (Å²) in [5, 5.41) is 3.69. The van der Waals surface area contributed by atoms with Crippen LogP contribution in [-0.4, -0.2) is 37.1 Å². The van der Waals surface area contributed by atoms with Crippen LogP contribution in [-0.2, 0) is 0 Å². The van der Waals surface area contributed by atoms with Crippen LogP contribution in [0, 0.1) is 0 Å². The SMILES string of the molecule is C=CCCC(CC)NCC1CCCN1C. The van der Waals surface area contributed by atoms with E-state index in [1.165, 1.54) is 32.2 Å². The van der Waals surface area contributed by atoms with Gasteiger partial charge in [0.15, 0.2) is 0 Å². The van der Waals surface area contributed by atoms with Crippen molar-refractivity contribution in [3.8, 4) is 0 Å². The molecule has 1 heterocycles. The molecule has 2 unspecified atom stereocenters. The van der Waals surface area contributed by atoms with Crippen molar-refractivity contribution < 1.29 is 0 Å². The van der Waals surface area contributed by atoms with Crippen LogP contribution in [0.4, 0.5) is 0 Å². The van der Waals surface area contributed by atoms with Gasteiger partial charge < -0.3 is 10.2 Å². The van der Waals surface area contributed by atoms with Crippen molar-refractivity contribution in [3.63, 3.8) is 0 Å². The Labute approximate surface area is 94.7 Å². The molecule has 2 nitrogen and oxygen atoms in total. The second-order valence-corrected chi connectivity index (χ2v) is 4.66. The second kappa shape index (κ2) is 7.02. The molecule has 0 amide bonds. The van der Waals surface area contributed by atoms with E-state index in [-0.39, 0.29) is 0 Å². The van der Waals surface area contributed by atoms with Gasteiger partial charge in [0.1, 0.15) is 0 Å². The molecule has 0 aliphatic carbocycles. The van der Waals surface area contributed by atoms with E-state index >= 15 is 0 Å². The molecule has 88 valence electrons. The molecule has 0 aromatic rings. The quantitative estimate of drug-likeness (QED) is 0.649. The molecule has 0 aromatic heterocycles. The van der Waals surface area contributed by atoms with Gasteiger partial charge in [-0.05, 0) is 45.7 Å². The van der Waals surface area contributed by atoms with Crippen LogP contribution in [0.5, 0.6) is 0 Å².